The molecule has 0 fully saturated rings. The van der Waals surface area contributed by atoms with Gasteiger partial charge < -0.3 is 5.32 Å². The number of nitrogens with one attached hydrogen (secondary N) is 1. The van der Waals surface area contributed by atoms with Crippen LogP contribution in [-0.4, -0.2) is 31.5 Å². The van der Waals surface area contributed by atoms with Crippen molar-refractivity contribution in [1.29, 1.82) is 5.26 Å². The summed E-state index contributed by atoms with van der Waals surface area (Å²) < 4.78 is 1.65. The molecule has 2 aromatic rings. The summed E-state index contributed by atoms with van der Waals surface area (Å²) >= 11 is 0. The Balaban J connectivity index is 1.92. The molecule has 0 saturated carbocycles. The molecule has 0 radical (unpaired) electrons. The summed E-state index contributed by atoms with van der Waals surface area (Å²) in [4.78, 5) is 4.10. The summed E-state index contributed by atoms with van der Waals surface area (Å²) in [7, 11) is 1.82. The van der Waals surface area contributed by atoms with Gasteiger partial charge >= 0.3 is 0 Å². The van der Waals surface area contributed by atoms with Gasteiger partial charge in [0, 0.05) is 20.0 Å². The molecule has 86 valence electrons. The molecule has 17 heavy (non-hydrogen) atoms. The lowest BCUT2D eigenvalue weighted by atomic mass is 10.3. The van der Waals surface area contributed by atoms with Gasteiger partial charge in [-0.15, -0.1) is 5.10 Å². The smallest absolute Gasteiger partial charge is 0.166 e. The van der Waals surface area contributed by atoms with E-state index in [1.54, 1.807) is 17.1 Å². The highest BCUT2D eigenvalue weighted by molar-refractivity contribution is 5.49. The molecular weight excluding hydrogens is 218 g/mol. The molecule has 0 unspecified atom stereocenters. The lowest BCUT2D eigenvalue weighted by molar-refractivity contribution is 0.741. The summed E-state index contributed by atoms with van der Waals surface area (Å²) in [5, 5.41) is 23.6. The van der Waals surface area contributed by atoms with E-state index in [1.165, 1.54) is 6.20 Å². The second kappa shape index (κ2) is 5.03. The van der Waals surface area contributed by atoms with E-state index >= 15 is 0 Å². The molecule has 0 spiro atoms. The van der Waals surface area contributed by atoms with E-state index in [2.05, 4.69) is 25.6 Å². The van der Waals surface area contributed by atoms with Gasteiger partial charge in [-0.3, -0.25) is 4.68 Å². The first-order chi connectivity index (χ1) is 8.29. The van der Waals surface area contributed by atoms with Crippen LogP contribution in [-0.2, 0) is 13.5 Å². The first kappa shape index (κ1) is 11.0. The summed E-state index contributed by atoms with van der Waals surface area (Å²) in [5.41, 5.74) is 0.481. The summed E-state index contributed by atoms with van der Waals surface area (Å²) in [6, 6.07) is 3.67. The first-order valence-electron chi connectivity index (χ1n) is 5.10. The van der Waals surface area contributed by atoms with E-state index in [1.807, 2.05) is 13.1 Å². The number of nitriles is 1. The summed E-state index contributed by atoms with van der Waals surface area (Å²) in [6.45, 7) is 0.609. The van der Waals surface area contributed by atoms with E-state index in [-0.39, 0.29) is 0 Å². The van der Waals surface area contributed by atoms with Crippen LogP contribution in [0.4, 0.5) is 5.82 Å². The lowest BCUT2D eigenvalue weighted by Gasteiger charge is -2.03. The minimum atomic E-state index is 0.481. The van der Waals surface area contributed by atoms with Crippen LogP contribution in [0, 0.1) is 11.3 Å². The Morgan fingerprint density at radius 1 is 1.53 bits per heavy atom. The molecule has 2 heterocycles. The minimum absolute atomic E-state index is 0.481. The minimum Gasteiger partial charge on any atom is -0.367 e. The Labute approximate surface area is 98.1 Å². The number of hydrogen-bond donors (Lipinski definition) is 1. The van der Waals surface area contributed by atoms with Gasteiger partial charge in [0.25, 0.3) is 0 Å². The maximum atomic E-state index is 8.85. The third-order valence-electron chi connectivity index (χ3n) is 2.13. The van der Waals surface area contributed by atoms with Crippen molar-refractivity contribution in [2.45, 2.75) is 6.42 Å². The van der Waals surface area contributed by atoms with Crippen molar-refractivity contribution in [3.05, 3.63) is 30.0 Å². The number of aryl methyl sites for hydroxylation is 1. The van der Waals surface area contributed by atoms with Crippen LogP contribution < -0.4 is 5.32 Å². The standard InChI is InChI=1S/C10H11N7/c1-17-7-13-9(16-17)3-4-12-10-8(6-11)2-5-14-15-10/h2,5,7H,3-4H2,1H3,(H,12,15). The van der Waals surface area contributed by atoms with Crippen molar-refractivity contribution < 1.29 is 0 Å². The quantitative estimate of drug-likeness (QED) is 0.801. The third kappa shape index (κ3) is 2.75. The topological polar surface area (TPSA) is 92.3 Å². The lowest BCUT2D eigenvalue weighted by Crippen LogP contribution is -2.09. The summed E-state index contributed by atoms with van der Waals surface area (Å²) in [5.74, 6) is 1.24. The Hall–Kier alpha value is -2.49. The van der Waals surface area contributed by atoms with Crippen molar-refractivity contribution in [2.24, 2.45) is 7.05 Å². The molecule has 0 aliphatic rings. The zero-order chi connectivity index (χ0) is 12.1. The normalized spacial score (nSPS) is 9.88. The van der Waals surface area contributed by atoms with Crippen LogP contribution in [0.5, 0.6) is 0 Å². The van der Waals surface area contributed by atoms with E-state index < -0.39 is 0 Å². The van der Waals surface area contributed by atoms with Crippen molar-refractivity contribution in [3.8, 4) is 6.07 Å². The molecule has 0 aromatic carbocycles. The Bertz CT molecular complexity index is 540. The molecule has 0 aliphatic carbocycles. The molecular formula is C10H11N7. The zero-order valence-electron chi connectivity index (χ0n) is 9.33. The molecule has 1 N–H and O–H groups in total. The predicted molar refractivity (Wildman–Crippen MR) is 59.9 cm³/mol. The average molecular weight is 229 g/mol. The van der Waals surface area contributed by atoms with Crippen molar-refractivity contribution in [2.75, 3.05) is 11.9 Å². The molecule has 2 rings (SSSR count). The first-order valence-corrected chi connectivity index (χ1v) is 5.10. The van der Waals surface area contributed by atoms with Gasteiger partial charge in [-0.25, -0.2) is 4.98 Å². The van der Waals surface area contributed by atoms with Crippen molar-refractivity contribution in [3.63, 3.8) is 0 Å². The largest absolute Gasteiger partial charge is 0.367 e. The Kier molecular flexibility index (Phi) is 3.25. The van der Waals surface area contributed by atoms with Gasteiger partial charge in [0.2, 0.25) is 0 Å². The number of rotatable bonds is 4. The number of aromatic nitrogens is 5. The summed E-state index contributed by atoms with van der Waals surface area (Å²) in [6.07, 6.45) is 3.81. The van der Waals surface area contributed by atoms with Crippen LogP contribution in [0.25, 0.3) is 0 Å². The number of hydrogen-bond acceptors (Lipinski definition) is 6. The van der Waals surface area contributed by atoms with Gasteiger partial charge in [-0.05, 0) is 6.07 Å². The number of anilines is 1. The molecule has 7 heteroatoms. The molecule has 0 amide bonds. The SMILES string of the molecule is Cn1cnc(CCNc2nnccc2C#N)n1. The fourth-order valence-corrected chi connectivity index (χ4v) is 1.34. The highest BCUT2D eigenvalue weighted by Gasteiger charge is 2.03. The van der Waals surface area contributed by atoms with Crippen LogP contribution >= 0.6 is 0 Å². The van der Waals surface area contributed by atoms with Crippen LogP contribution in [0.15, 0.2) is 18.6 Å². The molecule has 2 aromatic heterocycles. The van der Waals surface area contributed by atoms with E-state index in [0.29, 0.717) is 24.3 Å². The van der Waals surface area contributed by atoms with E-state index in [9.17, 15) is 0 Å². The fraction of sp³-hybridized carbons (Fsp3) is 0.300. The van der Waals surface area contributed by atoms with Gasteiger partial charge in [0.1, 0.15) is 12.4 Å². The van der Waals surface area contributed by atoms with E-state index in [4.69, 9.17) is 5.26 Å². The number of nitrogens with zero attached hydrogens (tertiary/aromatic N) is 6. The zero-order valence-corrected chi connectivity index (χ0v) is 9.33. The maximum Gasteiger partial charge on any atom is 0.166 e. The highest BCUT2D eigenvalue weighted by Crippen LogP contribution is 2.07. The van der Waals surface area contributed by atoms with Gasteiger partial charge in [-0.1, -0.05) is 0 Å². The van der Waals surface area contributed by atoms with Gasteiger partial charge in [0.05, 0.1) is 11.8 Å². The maximum absolute atomic E-state index is 8.85. The second-order valence-electron chi connectivity index (χ2n) is 3.42. The molecule has 7 nitrogen and oxygen atoms in total. The van der Waals surface area contributed by atoms with Crippen LogP contribution in [0.3, 0.4) is 0 Å². The van der Waals surface area contributed by atoms with E-state index in [0.717, 1.165) is 5.82 Å². The van der Waals surface area contributed by atoms with Gasteiger partial charge in [0.15, 0.2) is 11.6 Å². The average Bonchev–Trinajstić information content (AvgIpc) is 2.76. The second-order valence-corrected chi connectivity index (χ2v) is 3.42. The molecule has 0 bridgehead atoms. The van der Waals surface area contributed by atoms with Crippen molar-refractivity contribution in [1.82, 2.24) is 25.0 Å². The predicted octanol–water partition coefficient (Wildman–Crippen LogP) is 0.131. The van der Waals surface area contributed by atoms with Crippen molar-refractivity contribution >= 4 is 5.82 Å². The monoisotopic (exact) mass is 229 g/mol. The van der Waals surface area contributed by atoms with Crippen LogP contribution in [0.2, 0.25) is 0 Å². The Morgan fingerprint density at radius 3 is 3.12 bits per heavy atom. The molecule has 0 atom stereocenters. The molecule has 0 saturated heterocycles. The Morgan fingerprint density at radius 2 is 2.41 bits per heavy atom. The third-order valence-corrected chi connectivity index (χ3v) is 2.13. The highest BCUT2D eigenvalue weighted by atomic mass is 15.3. The van der Waals surface area contributed by atoms with Crippen LogP contribution in [0.1, 0.15) is 11.4 Å². The van der Waals surface area contributed by atoms with Gasteiger partial charge in [-0.2, -0.15) is 15.5 Å². The fourth-order valence-electron chi connectivity index (χ4n) is 1.34. The molecule has 0 aliphatic heterocycles.